The molecule has 2 rings (SSSR count). The van der Waals surface area contributed by atoms with E-state index in [0.29, 0.717) is 12.0 Å². The molecule has 94 valence electrons. The summed E-state index contributed by atoms with van der Waals surface area (Å²) in [5.41, 5.74) is 5.96. The van der Waals surface area contributed by atoms with Gasteiger partial charge in [0.25, 0.3) is 0 Å². The highest BCUT2D eigenvalue weighted by Gasteiger charge is 2.30. The Morgan fingerprint density at radius 3 is 2.88 bits per heavy atom. The van der Waals surface area contributed by atoms with E-state index >= 15 is 0 Å². The van der Waals surface area contributed by atoms with Gasteiger partial charge >= 0.3 is 0 Å². The van der Waals surface area contributed by atoms with Crippen molar-refractivity contribution in [3.63, 3.8) is 0 Å². The molecule has 2 heterocycles. The molecule has 2 fully saturated rings. The van der Waals surface area contributed by atoms with E-state index in [9.17, 15) is 0 Å². The third-order valence-electron chi connectivity index (χ3n) is 3.97. The topological polar surface area (TPSA) is 41.7 Å². The SMILES string of the molecule is CN1CCCN(C(CN)C2CCOC2)CC1. The standard InChI is InChI=1S/C12H25N3O/c1-14-4-2-5-15(7-6-14)12(9-13)11-3-8-16-10-11/h11-12H,2-10,13H2,1H3. The molecule has 2 aliphatic heterocycles. The van der Waals surface area contributed by atoms with Crippen molar-refractivity contribution >= 4 is 0 Å². The molecule has 0 aliphatic carbocycles. The van der Waals surface area contributed by atoms with E-state index < -0.39 is 0 Å². The minimum atomic E-state index is 0.536. The number of hydrogen-bond donors (Lipinski definition) is 1. The zero-order valence-corrected chi connectivity index (χ0v) is 10.4. The number of nitrogens with two attached hydrogens (primary N) is 1. The van der Waals surface area contributed by atoms with E-state index in [1.54, 1.807) is 0 Å². The molecule has 0 saturated carbocycles. The quantitative estimate of drug-likeness (QED) is 0.736. The highest BCUT2D eigenvalue weighted by molar-refractivity contribution is 4.84. The first kappa shape index (κ1) is 12.3. The highest BCUT2D eigenvalue weighted by Crippen LogP contribution is 2.21. The summed E-state index contributed by atoms with van der Waals surface area (Å²) in [7, 11) is 2.21. The maximum atomic E-state index is 5.96. The molecule has 0 amide bonds. The van der Waals surface area contributed by atoms with Gasteiger partial charge in [0.2, 0.25) is 0 Å². The number of rotatable bonds is 3. The fourth-order valence-corrected chi connectivity index (χ4v) is 2.89. The predicted octanol–water partition coefficient (Wildman–Crippen LogP) is -0.0123. The molecular formula is C12H25N3O. The van der Waals surface area contributed by atoms with E-state index in [1.165, 1.54) is 32.5 Å². The summed E-state index contributed by atoms with van der Waals surface area (Å²) in [5, 5.41) is 0. The van der Waals surface area contributed by atoms with Gasteiger partial charge in [-0.05, 0) is 33.0 Å². The molecule has 0 bridgehead atoms. The zero-order valence-electron chi connectivity index (χ0n) is 10.4. The lowest BCUT2D eigenvalue weighted by Gasteiger charge is -2.33. The second-order valence-electron chi connectivity index (χ2n) is 5.12. The first-order chi connectivity index (χ1) is 7.81. The third kappa shape index (κ3) is 2.94. The summed E-state index contributed by atoms with van der Waals surface area (Å²) in [4.78, 5) is 5.00. The molecule has 16 heavy (non-hydrogen) atoms. The van der Waals surface area contributed by atoms with Gasteiger partial charge in [-0.15, -0.1) is 0 Å². The van der Waals surface area contributed by atoms with Gasteiger partial charge in [0, 0.05) is 38.2 Å². The van der Waals surface area contributed by atoms with Gasteiger partial charge < -0.3 is 15.4 Å². The molecule has 0 aromatic heterocycles. The van der Waals surface area contributed by atoms with Crippen molar-refractivity contribution in [2.24, 2.45) is 11.7 Å². The molecule has 4 nitrogen and oxygen atoms in total. The average molecular weight is 227 g/mol. The fraction of sp³-hybridized carbons (Fsp3) is 1.00. The summed E-state index contributed by atoms with van der Waals surface area (Å²) < 4.78 is 5.49. The van der Waals surface area contributed by atoms with Gasteiger partial charge in [-0.25, -0.2) is 0 Å². The predicted molar refractivity (Wildman–Crippen MR) is 65.5 cm³/mol. The van der Waals surface area contributed by atoms with Crippen molar-refractivity contribution in [3.8, 4) is 0 Å². The van der Waals surface area contributed by atoms with Crippen LogP contribution >= 0.6 is 0 Å². The monoisotopic (exact) mass is 227 g/mol. The van der Waals surface area contributed by atoms with Crippen molar-refractivity contribution in [2.75, 3.05) is 53.0 Å². The lowest BCUT2D eigenvalue weighted by Crippen LogP contribution is -2.47. The van der Waals surface area contributed by atoms with Crippen LogP contribution < -0.4 is 5.73 Å². The fourth-order valence-electron chi connectivity index (χ4n) is 2.89. The largest absolute Gasteiger partial charge is 0.381 e. The molecule has 4 heteroatoms. The first-order valence-corrected chi connectivity index (χ1v) is 6.51. The minimum Gasteiger partial charge on any atom is -0.381 e. The number of likely N-dealkylation sites (N-methyl/N-ethyl adjacent to an activating group) is 1. The van der Waals surface area contributed by atoms with Crippen LogP contribution in [0.15, 0.2) is 0 Å². The molecule has 2 aliphatic rings. The van der Waals surface area contributed by atoms with Crippen molar-refractivity contribution in [2.45, 2.75) is 18.9 Å². The Labute approximate surface area is 98.7 Å². The lowest BCUT2D eigenvalue weighted by molar-refractivity contribution is 0.125. The van der Waals surface area contributed by atoms with E-state index in [0.717, 1.165) is 26.3 Å². The van der Waals surface area contributed by atoms with Crippen LogP contribution in [0.5, 0.6) is 0 Å². The van der Waals surface area contributed by atoms with E-state index in [4.69, 9.17) is 10.5 Å². The van der Waals surface area contributed by atoms with E-state index in [2.05, 4.69) is 16.8 Å². The van der Waals surface area contributed by atoms with Crippen molar-refractivity contribution in [1.82, 2.24) is 9.80 Å². The molecule has 0 aromatic rings. The molecular weight excluding hydrogens is 202 g/mol. The Bertz CT molecular complexity index is 206. The van der Waals surface area contributed by atoms with Crippen LogP contribution in [0.4, 0.5) is 0 Å². The summed E-state index contributed by atoms with van der Waals surface area (Å²) in [6, 6.07) is 0.536. The first-order valence-electron chi connectivity index (χ1n) is 6.51. The van der Waals surface area contributed by atoms with Crippen molar-refractivity contribution in [3.05, 3.63) is 0 Å². The third-order valence-corrected chi connectivity index (χ3v) is 3.97. The van der Waals surface area contributed by atoms with Crippen LogP contribution in [-0.4, -0.2) is 68.8 Å². The summed E-state index contributed by atoms with van der Waals surface area (Å²) in [6.45, 7) is 7.36. The van der Waals surface area contributed by atoms with Crippen LogP contribution in [0.3, 0.4) is 0 Å². The van der Waals surface area contributed by atoms with Gasteiger partial charge in [-0.3, -0.25) is 4.90 Å². The van der Waals surface area contributed by atoms with Gasteiger partial charge in [-0.2, -0.15) is 0 Å². The molecule has 2 saturated heterocycles. The van der Waals surface area contributed by atoms with Crippen LogP contribution in [0, 0.1) is 5.92 Å². The Kier molecular flexibility index (Phi) is 4.58. The number of hydrogen-bond acceptors (Lipinski definition) is 4. The Morgan fingerprint density at radius 2 is 2.19 bits per heavy atom. The Morgan fingerprint density at radius 1 is 1.31 bits per heavy atom. The Hall–Kier alpha value is -0.160. The van der Waals surface area contributed by atoms with Gasteiger partial charge in [0.15, 0.2) is 0 Å². The van der Waals surface area contributed by atoms with Crippen LogP contribution in [0.2, 0.25) is 0 Å². The van der Waals surface area contributed by atoms with Crippen molar-refractivity contribution < 1.29 is 4.74 Å². The molecule has 2 unspecified atom stereocenters. The smallest absolute Gasteiger partial charge is 0.0510 e. The van der Waals surface area contributed by atoms with E-state index in [-0.39, 0.29) is 0 Å². The lowest BCUT2D eigenvalue weighted by atomic mass is 9.97. The van der Waals surface area contributed by atoms with Gasteiger partial charge in [-0.1, -0.05) is 0 Å². The summed E-state index contributed by atoms with van der Waals surface area (Å²) >= 11 is 0. The van der Waals surface area contributed by atoms with Crippen LogP contribution in [0.1, 0.15) is 12.8 Å². The Balaban J connectivity index is 1.91. The molecule has 2 N–H and O–H groups in total. The molecule has 0 aromatic carbocycles. The van der Waals surface area contributed by atoms with E-state index in [1.807, 2.05) is 0 Å². The second kappa shape index (κ2) is 5.96. The van der Waals surface area contributed by atoms with Gasteiger partial charge in [0.1, 0.15) is 0 Å². The van der Waals surface area contributed by atoms with Crippen LogP contribution in [0.25, 0.3) is 0 Å². The maximum Gasteiger partial charge on any atom is 0.0510 e. The summed E-state index contributed by atoms with van der Waals surface area (Å²) in [6.07, 6.45) is 2.45. The zero-order chi connectivity index (χ0) is 11.4. The maximum absolute atomic E-state index is 5.96. The van der Waals surface area contributed by atoms with Gasteiger partial charge in [0.05, 0.1) is 6.61 Å². The molecule has 0 radical (unpaired) electrons. The van der Waals surface area contributed by atoms with Crippen LogP contribution in [-0.2, 0) is 4.74 Å². The number of ether oxygens (including phenoxy) is 1. The summed E-state index contributed by atoms with van der Waals surface area (Å²) in [5.74, 6) is 0.661. The normalized spacial score (nSPS) is 31.5. The second-order valence-corrected chi connectivity index (χ2v) is 5.12. The molecule has 0 spiro atoms. The highest BCUT2D eigenvalue weighted by atomic mass is 16.5. The van der Waals surface area contributed by atoms with Crippen molar-refractivity contribution in [1.29, 1.82) is 0 Å². The molecule has 2 atom stereocenters. The minimum absolute atomic E-state index is 0.536. The number of nitrogens with zero attached hydrogens (tertiary/aromatic N) is 2. The average Bonchev–Trinajstić information content (AvgIpc) is 2.71.